The third-order valence-corrected chi connectivity index (χ3v) is 6.91. The van der Waals surface area contributed by atoms with Crippen molar-refractivity contribution in [1.29, 1.82) is 0 Å². The summed E-state index contributed by atoms with van der Waals surface area (Å²) in [6.07, 6.45) is 0. The molecule has 0 amide bonds. The zero-order chi connectivity index (χ0) is 15.7. The molecule has 0 N–H and O–H groups in total. The van der Waals surface area contributed by atoms with Crippen molar-refractivity contribution in [3.05, 3.63) is 66.2 Å². The Morgan fingerprint density at radius 3 is 2.09 bits per heavy atom. The number of hydrogen-bond donors (Lipinski definition) is 0. The Bertz CT molecular complexity index is 728. The highest BCUT2D eigenvalue weighted by Crippen LogP contribution is 2.38. The molecule has 3 rings (SSSR count). The van der Waals surface area contributed by atoms with Crippen molar-refractivity contribution >= 4 is 9.84 Å². The van der Waals surface area contributed by atoms with E-state index in [1.54, 1.807) is 24.3 Å². The lowest BCUT2D eigenvalue weighted by molar-refractivity contribution is 0.318. The summed E-state index contributed by atoms with van der Waals surface area (Å²) in [5.41, 5.74) is 1.10. The first-order valence-corrected chi connectivity index (χ1v) is 9.10. The highest BCUT2D eigenvalue weighted by atomic mass is 32.2. The average Bonchev–Trinajstić information content (AvgIpc) is 2.85. The van der Waals surface area contributed by atoms with Crippen molar-refractivity contribution in [1.82, 2.24) is 4.90 Å². The number of sulfone groups is 1. The number of nitrogens with zero attached hydrogens (tertiary/aromatic N) is 1. The molecule has 0 saturated carbocycles. The van der Waals surface area contributed by atoms with Crippen LogP contribution in [0.5, 0.6) is 0 Å². The normalized spacial score (nSPS) is 26.2. The zero-order valence-corrected chi connectivity index (χ0v) is 13.7. The Morgan fingerprint density at radius 1 is 0.955 bits per heavy atom. The summed E-state index contributed by atoms with van der Waals surface area (Å²) >= 11 is 0. The van der Waals surface area contributed by atoms with Gasteiger partial charge in [0.15, 0.2) is 9.84 Å². The van der Waals surface area contributed by atoms with Crippen molar-refractivity contribution in [3.8, 4) is 0 Å². The molecule has 0 aromatic heterocycles. The molecule has 1 saturated heterocycles. The van der Waals surface area contributed by atoms with Gasteiger partial charge >= 0.3 is 0 Å². The largest absolute Gasteiger partial charge is 0.302 e. The number of likely N-dealkylation sites (tertiary alicyclic amines) is 1. The first kappa shape index (κ1) is 15.3. The molecule has 2 aromatic rings. The van der Waals surface area contributed by atoms with Crippen molar-refractivity contribution in [2.45, 2.75) is 29.0 Å². The Hall–Kier alpha value is -1.65. The minimum Gasteiger partial charge on any atom is -0.302 e. The Morgan fingerprint density at radius 2 is 1.50 bits per heavy atom. The molecule has 0 spiro atoms. The van der Waals surface area contributed by atoms with Gasteiger partial charge in [-0.15, -0.1) is 0 Å². The fourth-order valence-electron chi connectivity index (χ4n) is 3.39. The minimum absolute atomic E-state index is 0.00333. The number of rotatable bonds is 3. The lowest BCUT2D eigenvalue weighted by Crippen LogP contribution is -2.29. The summed E-state index contributed by atoms with van der Waals surface area (Å²) in [6.45, 7) is 2.68. The van der Waals surface area contributed by atoms with E-state index < -0.39 is 15.1 Å². The van der Waals surface area contributed by atoms with Gasteiger partial charge in [-0.25, -0.2) is 8.42 Å². The second-order valence-electron chi connectivity index (χ2n) is 6.01. The molecule has 1 fully saturated rings. The van der Waals surface area contributed by atoms with Gasteiger partial charge in [0.1, 0.15) is 0 Å². The van der Waals surface area contributed by atoms with Crippen LogP contribution in [0.15, 0.2) is 65.6 Å². The summed E-state index contributed by atoms with van der Waals surface area (Å²) in [4.78, 5) is 2.56. The Kier molecular flexibility index (Phi) is 4.06. The van der Waals surface area contributed by atoms with Crippen molar-refractivity contribution < 1.29 is 8.42 Å². The third kappa shape index (κ3) is 2.57. The van der Waals surface area contributed by atoms with E-state index in [1.807, 2.05) is 43.4 Å². The highest BCUT2D eigenvalue weighted by Gasteiger charge is 2.45. The van der Waals surface area contributed by atoms with Gasteiger partial charge in [-0.05, 0) is 31.7 Å². The smallest absolute Gasteiger partial charge is 0.183 e. The van der Waals surface area contributed by atoms with Gasteiger partial charge in [0.2, 0.25) is 0 Å². The van der Waals surface area contributed by atoms with Gasteiger partial charge in [-0.1, -0.05) is 48.5 Å². The van der Waals surface area contributed by atoms with Crippen LogP contribution in [0.4, 0.5) is 0 Å². The number of benzene rings is 2. The molecule has 1 aliphatic rings. The number of likely N-dealkylation sites (N-methyl/N-ethyl adjacent to an activating group) is 1. The fraction of sp³-hybridized carbons (Fsp3) is 0.333. The summed E-state index contributed by atoms with van der Waals surface area (Å²) in [5.74, 6) is -0.00333. The lowest BCUT2D eigenvalue weighted by atomic mass is 9.92. The molecule has 0 unspecified atom stereocenters. The zero-order valence-electron chi connectivity index (χ0n) is 12.9. The second kappa shape index (κ2) is 5.86. The van der Waals surface area contributed by atoms with E-state index in [0.29, 0.717) is 11.4 Å². The first-order chi connectivity index (χ1) is 10.5. The van der Waals surface area contributed by atoms with E-state index in [-0.39, 0.29) is 12.0 Å². The fourth-order valence-corrected chi connectivity index (χ4v) is 5.48. The van der Waals surface area contributed by atoms with Crippen LogP contribution in [0.2, 0.25) is 0 Å². The van der Waals surface area contributed by atoms with Crippen molar-refractivity contribution in [3.63, 3.8) is 0 Å². The molecular weight excluding hydrogens is 294 g/mol. The first-order valence-electron chi connectivity index (χ1n) is 7.56. The second-order valence-corrected chi connectivity index (χ2v) is 8.18. The Labute approximate surface area is 132 Å². The van der Waals surface area contributed by atoms with Gasteiger partial charge in [-0.3, -0.25) is 0 Å². The van der Waals surface area contributed by atoms with E-state index in [9.17, 15) is 8.42 Å². The highest BCUT2D eigenvalue weighted by molar-refractivity contribution is 7.92. The molecule has 1 heterocycles. The van der Waals surface area contributed by atoms with Gasteiger partial charge in [-0.2, -0.15) is 0 Å². The predicted molar refractivity (Wildman–Crippen MR) is 88.7 cm³/mol. The van der Waals surface area contributed by atoms with Gasteiger partial charge in [0, 0.05) is 18.5 Å². The average molecular weight is 315 g/mol. The molecule has 3 nitrogen and oxygen atoms in total. The van der Waals surface area contributed by atoms with Crippen molar-refractivity contribution in [2.24, 2.45) is 0 Å². The van der Waals surface area contributed by atoms with Gasteiger partial charge in [0.05, 0.1) is 10.1 Å². The number of hydrogen-bond acceptors (Lipinski definition) is 3. The molecule has 1 aliphatic heterocycles. The maximum atomic E-state index is 13.1. The minimum atomic E-state index is -3.34. The van der Waals surface area contributed by atoms with E-state index in [1.165, 1.54) is 0 Å². The summed E-state index contributed by atoms with van der Waals surface area (Å²) in [5, 5.41) is -0.405. The summed E-state index contributed by atoms with van der Waals surface area (Å²) < 4.78 is 26.2. The molecule has 2 aromatic carbocycles. The van der Waals surface area contributed by atoms with Crippen LogP contribution < -0.4 is 0 Å². The van der Waals surface area contributed by atoms with Crippen LogP contribution in [0.25, 0.3) is 0 Å². The molecule has 0 radical (unpaired) electrons. The quantitative estimate of drug-likeness (QED) is 0.874. The van der Waals surface area contributed by atoms with Crippen LogP contribution >= 0.6 is 0 Å². The van der Waals surface area contributed by atoms with Crippen LogP contribution in [0, 0.1) is 0 Å². The monoisotopic (exact) mass is 315 g/mol. The summed E-state index contributed by atoms with van der Waals surface area (Å²) in [7, 11) is -1.34. The van der Waals surface area contributed by atoms with Crippen LogP contribution in [0.1, 0.15) is 18.4 Å². The Balaban J connectivity index is 2.05. The van der Waals surface area contributed by atoms with Crippen LogP contribution in [0.3, 0.4) is 0 Å². The van der Waals surface area contributed by atoms with E-state index in [4.69, 9.17) is 0 Å². The van der Waals surface area contributed by atoms with Crippen LogP contribution in [-0.2, 0) is 9.84 Å². The predicted octanol–water partition coefficient (Wildman–Crippen LogP) is 2.95. The van der Waals surface area contributed by atoms with E-state index >= 15 is 0 Å². The molecular formula is C18H21NO2S. The lowest BCUT2D eigenvalue weighted by Gasteiger charge is -2.23. The topological polar surface area (TPSA) is 37.4 Å². The molecule has 4 heteroatoms. The van der Waals surface area contributed by atoms with E-state index in [0.717, 1.165) is 5.56 Å². The van der Waals surface area contributed by atoms with Gasteiger partial charge < -0.3 is 4.90 Å². The van der Waals surface area contributed by atoms with Crippen LogP contribution in [-0.4, -0.2) is 38.2 Å². The maximum absolute atomic E-state index is 13.1. The molecule has 116 valence electrons. The maximum Gasteiger partial charge on any atom is 0.183 e. The van der Waals surface area contributed by atoms with Crippen molar-refractivity contribution in [2.75, 3.05) is 13.6 Å². The van der Waals surface area contributed by atoms with Gasteiger partial charge in [0.25, 0.3) is 0 Å². The molecule has 22 heavy (non-hydrogen) atoms. The third-order valence-electron chi connectivity index (χ3n) is 4.74. The SMILES string of the molecule is C[C@H]1[C@@H](c2ccccc2)[C@H](S(=O)(=O)c2ccccc2)CN1C. The van der Waals surface area contributed by atoms with E-state index in [2.05, 4.69) is 11.8 Å². The molecule has 0 bridgehead atoms. The molecule has 0 aliphatic carbocycles. The standard InChI is InChI=1S/C18H21NO2S/c1-14-18(15-9-5-3-6-10-15)17(13-19(14)2)22(20,21)16-11-7-4-8-12-16/h3-12,14,17-18H,13H2,1-2H3/t14-,17+,18-/m0/s1. The summed E-state index contributed by atoms with van der Waals surface area (Å²) in [6, 6.07) is 19.0. The molecule has 3 atom stereocenters.